The summed E-state index contributed by atoms with van der Waals surface area (Å²) < 4.78 is 17.1. The first kappa shape index (κ1) is 50.8. The summed E-state index contributed by atoms with van der Waals surface area (Å²) >= 11 is 0. The average molecular weight is 749 g/mol. The lowest BCUT2D eigenvalue weighted by molar-refractivity contribution is -0.163. The largest absolute Gasteiger partial charge is 0.462 e. The fourth-order valence-corrected chi connectivity index (χ4v) is 5.44. The van der Waals surface area contributed by atoms with Crippen LogP contribution in [0.1, 0.15) is 175 Å². The molecule has 5 heteroatoms. The summed E-state index contributed by atoms with van der Waals surface area (Å²) in [7, 11) is 0. The summed E-state index contributed by atoms with van der Waals surface area (Å²) in [6.45, 7) is 7.35. The van der Waals surface area contributed by atoms with Gasteiger partial charge in [-0.05, 0) is 89.9 Å². The Hall–Kier alpha value is -3.18. The third-order valence-corrected chi connectivity index (χ3v) is 8.62. The zero-order valence-corrected chi connectivity index (χ0v) is 34.9. The second-order valence-electron chi connectivity index (χ2n) is 13.8. The predicted octanol–water partition coefficient (Wildman–Crippen LogP) is 14.3. The van der Waals surface area contributed by atoms with Crippen LogP contribution in [0.5, 0.6) is 0 Å². The minimum atomic E-state index is -0.570. The molecule has 0 bridgehead atoms. The number of ether oxygens (including phenoxy) is 3. The second-order valence-corrected chi connectivity index (χ2v) is 13.8. The molecule has 306 valence electrons. The van der Waals surface area contributed by atoms with Crippen LogP contribution in [0.25, 0.3) is 0 Å². The quantitative estimate of drug-likeness (QED) is 0.0357. The van der Waals surface area contributed by atoms with E-state index in [1.807, 2.05) is 0 Å². The molecule has 0 N–H and O–H groups in total. The van der Waals surface area contributed by atoms with Crippen molar-refractivity contribution in [3.63, 3.8) is 0 Å². The summed E-state index contributed by atoms with van der Waals surface area (Å²) in [6.07, 6.45) is 58.7. The summed E-state index contributed by atoms with van der Waals surface area (Å²) in [4.78, 5) is 25.0. The van der Waals surface area contributed by atoms with Crippen molar-refractivity contribution in [2.45, 2.75) is 181 Å². The number of hydrogen-bond donors (Lipinski definition) is 0. The number of rotatable bonds is 38. The van der Waals surface area contributed by atoms with Gasteiger partial charge in [0.05, 0.1) is 6.61 Å². The molecule has 54 heavy (non-hydrogen) atoms. The molecule has 0 aromatic rings. The van der Waals surface area contributed by atoms with Crippen molar-refractivity contribution in [2.24, 2.45) is 0 Å². The SMILES string of the molecule is CC/C=C\C/C=C\C/C=C\C/C=C\CCCCCCCCC(=O)OCC(COCCC/C=C\C/C=C\C/C=C\C/C=C\CC)OC(=O)CCCCCCC. The molecule has 0 saturated carbocycles. The monoisotopic (exact) mass is 749 g/mol. The van der Waals surface area contributed by atoms with Crippen LogP contribution in [-0.2, 0) is 23.8 Å². The van der Waals surface area contributed by atoms with Crippen LogP contribution in [0.4, 0.5) is 0 Å². The Morgan fingerprint density at radius 2 is 0.833 bits per heavy atom. The molecule has 0 aromatic carbocycles. The molecule has 0 radical (unpaired) electrons. The molecule has 0 saturated heterocycles. The third-order valence-electron chi connectivity index (χ3n) is 8.62. The van der Waals surface area contributed by atoms with E-state index in [2.05, 4.69) is 118 Å². The minimum absolute atomic E-state index is 0.0502. The molecule has 0 aliphatic carbocycles. The Morgan fingerprint density at radius 3 is 1.33 bits per heavy atom. The molecule has 1 atom stereocenters. The molecule has 0 aromatic heterocycles. The normalized spacial score (nSPS) is 13.2. The molecule has 5 nitrogen and oxygen atoms in total. The van der Waals surface area contributed by atoms with Gasteiger partial charge in [-0.2, -0.15) is 0 Å². The molecule has 0 spiro atoms. The van der Waals surface area contributed by atoms with Crippen LogP contribution >= 0.6 is 0 Å². The molecule has 0 amide bonds. The maximum Gasteiger partial charge on any atom is 0.306 e. The Morgan fingerprint density at radius 1 is 0.426 bits per heavy atom. The van der Waals surface area contributed by atoms with E-state index >= 15 is 0 Å². The van der Waals surface area contributed by atoms with E-state index in [0.29, 0.717) is 19.4 Å². The van der Waals surface area contributed by atoms with E-state index < -0.39 is 6.10 Å². The molecular weight excluding hydrogens is 669 g/mol. The van der Waals surface area contributed by atoms with Crippen molar-refractivity contribution in [3.05, 3.63) is 97.2 Å². The van der Waals surface area contributed by atoms with Crippen molar-refractivity contribution >= 4 is 11.9 Å². The highest BCUT2D eigenvalue weighted by molar-refractivity contribution is 5.70. The van der Waals surface area contributed by atoms with Crippen molar-refractivity contribution in [1.29, 1.82) is 0 Å². The predicted molar refractivity (Wildman–Crippen MR) is 233 cm³/mol. The zero-order chi connectivity index (χ0) is 39.3. The Labute approximate surface area is 332 Å². The highest BCUT2D eigenvalue weighted by Crippen LogP contribution is 2.11. The van der Waals surface area contributed by atoms with E-state index in [-0.39, 0.29) is 25.2 Å². The number of carbonyl (C=O) groups excluding carboxylic acids is 2. The zero-order valence-electron chi connectivity index (χ0n) is 34.9. The first-order chi connectivity index (χ1) is 26.6. The lowest BCUT2D eigenvalue weighted by Gasteiger charge is -2.18. The third kappa shape index (κ3) is 41.6. The van der Waals surface area contributed by atoms with Gasteiger partial charge < -0.3 is 14.2 Å². The average Bonchev–Trinajstić information content (AvgIpc) is 3.17. The minimum Gasteiger partial charge on any atom is -0.462 e. The van der Waals surface area contributed by atoms with Crippen LogP contribution in [0.2, 0.25) is 0 Å². The highest BCUT2D eigenvalue weighted by atomic mass is 16.6. The summed E-state index contributed by atoms with van der Waals surface area (Å²) in [5.41, 5.74) is 0. The van der Waals surface area contributed by atoms with Crippen LogP contribution in [0, 0.1) is 0 Å². The molecule has 0 heterocycles. The van der Waals surface area contributed by atoms with Gasteiger partial charge in [0.1, 0.15) is 6.61 Å². The van der Waals surface area contributed by atoms with Gasteiger partial charge in [0.25, 0.3) is 0 Å². The maximum absolute atomic E-state index is 12.5. The van der Waals surface area contributed by atoms with Gasteiger partial charge in [-0.15, -0.1) is 0 Å². The lowest BCUT2D eigenvalue weighted by Crippen LogP contribution is -2.30. The summed E-state index contributed by atoms with van der Waals surface area (Å²) in [6, 6.07) is 0. The van der Waals surface area contributed by atoms with Gasteiger partial charge in [-0.1, -0.05) is 169 Å². The number of unbranched alkanes of at least 4 members (excludes halogenated alkanes) is 11. The van der Waals surface area contributed by atoms with E-state index in [1.54, 1.807) is 0 Å². The molecule has 0 rings (SSSR count). The van der Waals surface area contributed by atoms with Gasteiger partial charge in [0, 0.05) is 19.4 Å². The van der Waals surface area contributed by atoms with Gasteiger partial charge in [-0.3, -0.25) is 9.59 Å². The van der Waals surface area contributed by atoms with E-state index in [4.69, 9.17) is 14.2 Å². The summed E-state index contributed by atoms with van der Waals surface area (Å²) in [5.74, 6) is -0.466. The van der Waals surface area contributed by atoms with Crippen LogP contribution in [-0.4, -0.2) is 37.9 Å². The van der Waals surface area contributed by atoms with Gasteiger partial charge in [-0.25, -0.2) is 0 Å². The first-order valence-electron chi connectivity index (χ1n) is 21.8. The second kappa shape index (κ2) is 44.2. The standard InChI is InChI=1S/C49H80O5/c1-4-7-10-13-15-17-19-21-23-24-25-26-27-28-30-32-34-37-39-42-48(50)53-46-47(54-49(51)43-40-36-12-9-6-3)45-52-44-41-38-35-33-31-29-22-20-18-16-14-11-8-5-2/h7-8,10-11,15-18,21-23,25-26,29,33,35,47H,4-6,9,12-14,19-20,24,27-28,30-32,34,36-46H2,1-3H3/b10-7-,11-8-,17-15-,18-16-,23-21-,26-25-,29-22-,35-33-. The lowest BCUT2D eigenvalue weighted by atomic mass is 10.1. The number of carbonyl (C=O) groups is 2. The van der Waals surface area contributed by atoms with Crippen LogP contribution in [0.15, 0.2) is 97.2 Å². The highest BCUT2D eigenvalue weighted by Gasteiger charge is 2.17. The number of hydrogen-bond acceptors (Lipinski definition) is 5. The van der Waals surface area contributed by atoms with E-state index in [9.17, 15) is 9.59 Å². The van der Waals surface area contributed by atoms with Gasteiger partial charge in [0.15, 0.2) is 6.10 Å². The molecule has 0 fully saturated rings. The Balaban J connectivity index is 4.18. The maximum atomic E-state index is 12.5. The Kier molecular flexibility index (Phi) is 41.6. The van der Waals surface area contributed by atoms with E-state index in [1.165, 1.54) is 32.1 Å². The van der Waals surface area contributed by atoms with Crippen molar-refractivity contribution in [3.8, 4) is 0 Å². The smallest absolute Gasteiger partial charge is 0.306 e. The molecule has 1 unspecified atom stereocenters. The van der Waals surface area contributed by atoms with Gasteiger partial charge >= 0.3 is 11.9 Å². The number of allylic oxidation sites excluding steroid dienone is 16. The fraction of sp³-hybridized carbons (Fsp3) is 0.633. The van der Waals surface area contributed by atoms with Crippen molar-refractivity contribution < 1.29 is 23.8 Å². The van der Waals surface area contributed by atoms with Crippen molar-refractivity contribution in [2.75, 3.05) is 19.8 Å². The van der Waals surface area contributed by atoms with Crippen molar-refractivity contribution in [1.82, 2.24) is 0 Å². The summed E-state index contributed by atoms with van der Waals surface area (Å²) in [5, 5.41) is 0. The van der Waals surface area contributed by atoms with E-state index in [0.717, 1.165) is 109 Å². The van der Waals surface area contributed by atoms with Crippen LogP contribution in [0.3, 0.4) is 0 Å². The van der Waals surface area contributed by atoms with Crippen LogP contribution < -0.4 is 0 Å². The Bertz CT molecular complexity index is 1070. The number of esters is 2. The topological polar surface area (TPSA) is 61.8 Å². The first-order valence-corrected chi connectivity index (χ1v) is 21.8. The molecular formula is C49H80O5. The molecule has 0 aliphatic heterocycles. The fourth-order valence-electron chi connectivity index (χ4n) is 5.44. The molecule has 0 aliphatic rings. The van der Waals surface area contributed by atoms with Gasteiger partial charge in [0.2, 0.25) is 0 Å².